The molecule has 2 aromatic rings. The molecule has 0 saturated heterocycles. The summed E-state index contributed by atoms with van der Waals surface area (Å²) < 4.78 is 4.30. The van der Waals surface area contributed by atoms with E-state index < -0.39 is 11.7 Å². The highest BCUT2D eigenvalue weighted by Crippen LogP contribution is 2.18. The first-order valence-electron chi connectivity index (χ1n) is 4.07. The summed E-state index contributed by atoms with van der Waals surface area (Å²) in [6, 6.07) is 6.20. The Morgan fingerprint density at radius 1 is 1.40 bits per heavy atom. The molecule has 1 aromatic carbocycles. The van der Waals surface area contributed by atoms with Gasteiger partial charge in [0.05, 0.1) is 5.56 Å². The summed E-state index contributed by atoms with van der Waals surface area (Å²) >= 11 is 0. The Labute approximate surface area is 83.2 Å². The molecule has 0 spiro atoms. The fourth-order valence-corrected chi connectivity index (χ4v) is 1.22. The lowest BCUT2D eigenvalue weighted by atomic mass is 10.1. The van der Waals surface area contributed by atoms with Gasteiger partial charge in [-0.1, -0.05) is 23.4 Å². The number of hydrogen-bond acceptors (Lipinski definition) is 4. The van der Waals surface area contributed by atoms with E-state index in [0.29, 0.717) is 5.56 Å². The number of hydrogen-bond donors (Lipinski definition) is 2. The van der Waals surface area contributed by atoms with Crippen LogP contribution in [0.5, 0.6) is 0 Å². The van der Waals surface area contributed by atoms with Crippen LogP contribution in [0, 0.1) is 0 Å². The van der Waals surface area contributed by atoms with E-state index in [2.05, 4.69) is 14.7 Å². The van der Waals surface area contributed by atoms with Crippen molar-refractivity contribution in [3.8, 4) is 11.4 Å². The van der Waals surface area contributed by atoms with Crippen LogP contribution in [-0.2, 0) is 0 Å². The van der Waals surface area contributed by atoms with Gasteiger partial charge >= 0.3 is 11.7 Å². The predicted molar refractivity (Wildman–Crippen MR) is 49.5 cm³/mol. The van der Waals surface area contributed by atoms with Crippen molar-refractivity contribution < 1.29 is 14.4 Å². The number of aromatic amines is 1. The molecule has 0 amide bonds. The van der Waals surface area contributed by atoms with Crippen LogP contribution in [0.25, 0.3) is 11.4 Å². The van der Waals surface area contributed by atoms with E-state index in [9.17, 15) is 9.59 Å². The first kappa shape index (κ1) is 9.20. The molecule has 15 heavy (non-hydrogen) atoms. The third-order valence-corrected chi connectivity index (χ3v) is 1.85. The zero-order valence-corrected chi connectivity index (χ0v) is 7.43. The minimum Gasteiger partial charge on any atom is -0.478 e. The molecule has 0 bridgehead atoms. The quantitative estimate of drug-likeness (QED) is 0.754. The third kappa shape index (κ3) is 1.64. The Balaban J connectivity index is 2.62. The molecule has 1 aromatic heterocycles. The molecule has 2 rings (SSSR count). The second-order valence-electron chi connectivity index (χ2n) is 2.79. The third-order valence-electron chi connectivity index (χ3n) is 1.85. The van der Waals surface area contributed by atoms with Crippen LogP contribution >= 0.6 is 0 Å². The monoisotopic (exact) mass is 206 g/mol. The number of carboxylic acid groups (broad SMARTS) is 1. The lowest BCUT2D eigenvalue weighted by molar-refractivity contribution is 0.0697. The van der Waals surface area contributed by atoms with Gasteiger partial charge in [0.1, 0.15) is 0 Å². The summed E-state index contributed by atoms with van der Waals surface area (Å²) in [5, 5.41) is 12.3. The summed E-state index contributed by atoms with van der Waals surface area (Å²) in [7, 11) is 0. The molecular formula is C9H6N2O4. The van der Waals surface area contributed by atoms with E-state index in [1.165, 1.54) is 12.1 Å². The molecule has 0 saturated carbocycles. The molecule has 0 fully saturated rings. The van der Waals surface area contributed by atoms with E-state index in [1.807, 2.05) is 0 Å². The summed E-state index contributed by atoms with van der Waals surface area (Å²) in [4.78, 5) is 23.9. The maximum absolute atomic E-state index is 10.9. The first-order chi connectivity index (χ1) is 7.18. The lowest BCUT2D eigenvalue weighted by Crippen LogP contribution is -2.01. The Morgan fingerprint density at radius 2 is 2.13 bits per heavy atom. The van der Waals surface area contributed by atoms with Crippen LogP contribution in [0.4, 0.5) is 0 Å². The van der Waals surface area contributed by atoms with E-state index in [4.69, 9.17) is 5.11 Å². The van der Waals surface area contributed by atoms with Gasteiger partial charge in [-0.2, -0.15) is 0 Å². The van der Waals surface area contributed by atoms with Crippen molar-refractivity contribution >= 4 is 5.97 Å². The van der Waals surface area contributed by atoms with Crippen LogP contribution in [0.1, 0.15) is 10.4 Å². The molecule has 0 aliphatic carbocycles. The van der Waals surface area contributed by atoms with Gasteiger partial charge in [-0.05, 0) is 6.07 Å². The van der Waals surface area contributed by atoms with Crippen molar-refractivity contribution in [1.29, 1.82) is 0 Å². The number of rotatable bonds is 2. The molecular weight excluding hydrogens is 200 g/mol. The second-order valence-corrected chi connectivity index (χ2v) is 2.79. The minimum absolute atomic E-state index is 0.0575. The van der Waals surface area contributed by atoms with E-state index in [0.717, 1.165) is 0 Å². The Hall–Kier alpha value is -2.37. The first-order valence-corrected chi connectivity index (χ1v) is 4.07. The number of H-pyrrole nitrogens is 1. The number of carboxylic acids is 1. The van der Waals surface area contributed by atoms with Gasteiger partial charge in [0.15, 0.2) is 5.82 Å². The van der Waals surface area contributed by atoms with Gasteiger partial charge < -0.3 is 5.11 Å². The van der Waals surface area contributed by atoms with Gasteiger partial charge in [0.2, 0.25) is 0 Å². The van der Waals surface area contributed by atoms with Crippen molar-refractivity contribution in [3.05, 3.63) is 40.4 Å². The molecule has 2 N–H and O–H groups in total. The lowest BCUT2D eigenvalue weighted by Gasteiger charge is -1.99. The molecule has 76 valence electrons. The molecule has 0 atom stereocenters. The smallest absolute Gasteiger partial charge is 0.439 e. The van der Waals surface area contributed by atoms with Crippen LogP contribution in [0.2, 0.25) is 0 Å². The van der Waals surface area contributed by atoms with Crippen molar-refractivity contribution in [1.82, 2.24) is 10.1 Å². The Bertz CT molecular complexity index is 555. The summed E-state index contributed by atoms with van der Waals surface area (Å²) in [5.74, 6) is -1.70. The standard InChI is InChI=1S/C9H6N2O4/c12-8(13)6-4-2-1-3-5(6)7-10-9(14)15-11-7/h1-4H,(H,12,13)(H,10,11,14). The van der Waals surface area contributed by atoms with Crippen molar-refractivity contribution in [2.45, 2.75) is 0 Å². The van der Waals surface area contributed by atoms with Gasteiger partial charge in [-0.3, -0.25) is 9.51 Å². The van der Waals surface area contributed by atoms with Crippen LogP contribution < -0.4 is 5.76 Å². The largest absolute Gasteiger partial charge is 0.478 e. The SMILES string of the molecule is O=C(O)c1ccccc1-c1noc(=O)[nH]1. The van der Waals surface area contributed by atoms with Gasteiger partial charge in [-0.25, -0.2) is 9.59 Å². The van der Waals surface area contributed by atoms with Crippen molar-refractivity contribution in [2.75, 3.05) is 0 Å². The predicted octanol–water partition coefficient (Wildman–Crippen LogP) is 0.728. The number of nitrogens with one attached hydrogen (secondary N) is 1. The summed E-state index contributed by atoms with van der Waals surface area (Å²) in [6.45, 7) is 0. The van der Waals surface area contributed by atoms with Crippen LogP contribution in [-0.4, -0.2) is 21.2 Å². The maximum atomic E-state index is 10.9. The average molecular weight is 206 g/mol. The Morgan fingerprint density at radius 3 is 2.73 bits per heavy atom. The van der Waals surface area contributed by atoms with Crippen molar-refractivity contribution in [3.63, 3.8) is 0 Å². The van der Waals surface area contributed by atoms with Crippen LogP contribution in [0.3, 0.4) is 0 Å². The molecule has 6 heteroatoms. The minimum atomic E-state index is -1.09. The summed E-state index contributed by atoms with van der Waals surface area (Å²) in [6.07, 6.45) is 0. The highest BCUT2D eigenvalue weighted by Gasteiger charge is 2.13. The molecule has 6 nitrogen and oxygen atoms in total. The van der Waals surface area contributed by atoms with Crippen molar-refractivity contribution in [2.24, 2.45) is 0 Å². The van der Waals surface area contributed by atoms with Crippen LogP contribution in [0.15, 0.2) is 33.6 Å². The highest BCUT2D eigenvalue weighted by molar-refractivity contribution is 5.94. The highest BCUT2D eigenvalue weighted by atomic mass is 16.5. The topological polar surface area (TPSA) is 96.2 Å². The number of aromatic carboxylic acids is 1. The van der Waals surface area contributed by atoms with Gasteiger partial charge in [-0.15, -0.1) is 0 Å². The fourth-order valence-electron chi connectivity index (χ4n) is 1.22. The number of benzene rings is 1. The summed E-state index contributed by atoms with van der Waals surface area (Å²) in [5.41, 5.74) is 0.373. The molecule has 0 radical (unpaired) electrons. The van der Waals surface area contributed by atoms with Gasteiger partial charge in [0, 0.05) is 5.56 Å². The zero-order chi connectivity index (χ0) is 10.8. The maximum Gasteiger partial charge on any atom is 0.439 e. The number of aromatic nitrogens is 2. The molecule has 0 unspecified atom stereocenters. The average Bonchev–Trinajstić information content (AvgIpc) is 2.65. The number of carbonyl (C=O) groups is 1. The normalized spacial score (nSPS) is 10.1. The Kier molecular flexibility index (Phi) is 2.09. The fraction of sp³-hybridized carbons (Fsp3) is 0. The van der Waals surface area contributed by atoms with Gasteiger partial charge in [0.25, 0.3) is 0 Å². The second kappa shape index (κ2) is 3.41. The van der Waals surface area contributed by atoms with E-state index in [-0.39, 0.29) is 11.4 Å². The van der Waals surface area contributed by atoms with E-state index >= 15 is 0 Å². The number of nitrogens with zero attached hydrogens (tertiary/aromatic N) is 1. The van der Waals surface area contributed by atoms with E-state index in [1.54, 1.807) is 12.1 Å². The molecule has 0 aliphatic rings. The zero-order valence-electron chi connectivity index (χ0n) is 7.43. The molecule has 0 aliphatic heterocycles. The molecule has 1 heterocycles.